The number of anilines is 1. The van der Waals surface area contributed by atoms with Gasteiger partial charge in [0.25, 0.3) is 0 Å². The Hall–Kier alpha value is -0.750. The van der Waals surface area contributed by atoms with Gasteiger partial charge in [-0.3, -0.25) is 14.6 Å². The molecule has 0 aliphatic carbocycles. The molecule has 0 aromatic heterocycles. The summed E-state index contributed by atoms with van der Waals surface area (Å²) in [5.74, 6) is 0.115. The van der Waals surface area contributed by atoms with Crippen LogP contribution in [-0.4, -0.2) is 82.3 Å². The number of rotatable bonds is 6. The van der Waals surface area contributed by atoms with Gasteiger partial charge in [0, 0.05) is 61.5 Å². The second-order valence-electron chi connectivity index (χ2n) is 8.67. The fourth-order valence-electron chi connectivity index (χ4n) is 4.88. The first-order valence-electron chi connectivity index (χ1n) is 10.7. The molecule has 1 aromatic carbocycles. The average molecular weight is 547 g/mol. The van der Waals surface area contributed by atoms with E-state index in [0.29, 0.717) is 13.1 Å². The van der Waals surface area contributed by atoms with Crippen LogP contribution in [0.2, 0.25) is 0 Å². The van der Waals surface area contributed by atoms with Gasteiger partial charge in [-0.15, -0.1) is 0 Å². The molecule has 1 aromatic rings. The van der Waals surface area contributed by atoms with Gasteiger partial charge in [-0.1, -0.05) is 0 Å². The van der Waals surface area contributed by atoms with Gasteiger partial charge < -0.3 is 14.2 Å². The number of hydrogen-bond donors (Lipinski definition) is 1. The standard InChI is InChI=1S/C21H30IN3O4S/c22-17-1-3-18(4-2-17)25-13-11-23(12-14-25)8-5-19-15-21(20(26)29-19)6-9-24(10-7-21)16-30(27)28/h1-4,19H,5-16H2,(H,27,28)/t19-/m1/s1. The maximum Gasteiger partial charge on any atom is 0.312 e. The molecular weight excluding hydrogens is 517 g/mol. The van der Waals surface area contributed by atoms with Gasteiger partial charge in [0.1, 0.15) is 12.0 Å². The number of cyclic esters (lactones) is 1. The zero-order chi connectivity index (χ0) is 21.1. The van der Waals surface area contributed by atoms with E-state index in [4.69, 9.17) is 9.29 Å². The molecule has 0 amide bonds. The number of piperazine rings is 1. The Morgan fingerprint density at radius 3 is 2.37 bits per heavy atom. The molecule has 9 heteroatoms. The molecule has 1 unspecified atom stereocenters. The van der Waals surface area contributed by atoms with Crippen LogP contribution in [0.25, 0.3) is 0 Å². The third kappa shape index (κ3) is 5.35. The van der Waals surface area contributed by atoms with Gasteiger partial charge in [-0.2, -0.15) is 0 Å². The van der Waals surface area contributed by atoms with Crippen molar-refractivity contribution >= 4 is 45.3 Å². The summed E-state index contributed by atoms with van der Waals surface area (Å²) in [5.41, 5.74) is 0.917. The summed E-state index contributed by atoms with van der Waals surface area (Å²) < 4.78 is 27.1. The average Bonchev–Trinajstić information content (AvgIpc) is 3.04. The summed E-state index contributed by atoms with van der Waals surface area (Å²) in [4.78, 5) is 19.5. The van der Waals surface area contributed by atoms with Gasteiger partial charge in [0.15, 0.2) is 11.1 Å². The van der Waals surface area contributed by atoms with Crippen LogP contribution in [0.5, 0.6) is 0 Å². The number of carbonyl (C=O) groups excluding carboxylic acids is 1. The number of ether oxygens (including phenoxy) is 1. The number of piperidine rings is 1. The highest BCUT2D eigenvalue weighted by atomic mass is 127. The molecule has 0 bridgehead atoms. The third-order valence-corrected chi connectivity index (χ3v) is 8.07. The first-order chi connectivity index (χ1) is 14.4. The summed E-state index contributed by atoms with van der Waals surface area (Å²) in [7, 11) is 0. The Morgan fingerprint density at radius 2 is 1.73 bits per heavy atom. The molecule has 0 saturated carbocycles. The SMILES string of the molecule is O=C1O[C@H](CCN2CCN(c3ccc(I)cc3)CC2)CC12CCN(CS(=O)O)CC2. The lowest BCUT2D eigenvalue weighted by Crippen LogP contribution is -2.47. The van der Waals surface area contributed by atoms with E-state index in [9.17, 15) is 9.00 Å². The normalized spacial score (nSPS) is 26.1. The zero-order valence-electron chi connectivity index (χ0n) is 17.2. The number of likely N-dealkylation sites (tertiary alicyclic amines) is 1. The predicted molar refractivity (Wildman–Crippen MR) is 126 cm³/mol. The van der Waals surface area contributed by atoms with Crippen LogP contribution in [0.4, 0.5) is 5.69 Å². The first kappa shape index (κ1) is 22.4. The van der Waals surface area contributed by atoms with Crippen molar-refractivity contribution in [3.05, 3.63) is 27.8 Å². The monoisotopic (exact) mass is 547 g/mol. The summed E-state index contributed by atoms with van der Waals surface area (Å²) in [6, 6.07) is 8.69. The Balaban J connectivity index is 1.21. The molecule has 3 aliphatic heterocycles. The maximum atomic E-state index is 12.6. The van der Waals surface area contributed by atoms with Crippen molar-refractivity contribution in [2.45, 2.75) is 31.8 Å². The highest BCUT2D eigenvalue weighted by Crippen LogP contribution is 2.43. The quantitative estimate of drug-likeness (QED) is 0.333. The van der Waals surface area contributed by atoms with Crippen LogP contribution >= 0.6 is 22.6 Å². The minimum atomic E-state index is -1.81. The number of esters is 1. The number of carbonyl (C=O) groups is 1. The van der Waals surface area contributed by atoms with Gasteiger partial charge in [0.2, 0.25) is 0 Å². The molecule has 3 heterocycles. The lowest BCUT2D eigenvalue weighted by atomic mass is 9.76. The Morgan fingerprint density at radius 1 is 1.07 bits per heavy atom. The Kier molecular flexibility index (Phi) is 7.34. The molecular formula is C21H30IN3O4S. The van der Waals surface area contributed by atoms with Crippen LogP contribution in [0.1, 0.15) is 25.7 Å². The van der Waals surface area contributed by atoms with Gasteiger partial charge in [-0.05, 0) is 66.1 Å². The second kappa shape index (κ2) is 9.81. The molecule has 3 saturated heterocycles. The highest BCUT2D eigenvalue weighted by molar-refractivity contribution is 14.1. The van der Waals surface area contributed by atoms with E-state index >= 15 is 0 Å². The van der Waals surface area contributed by atoms with E-state index < -0.39 is 11.1 Å². The molecule has 3 aliphatic rings. The largest absolute Gasteiger partial charge is 0.462 e. The van der Waals surface area contributed by atoms with Crippen molar-refractivity contribution < 1.29 is 18.3 Å². The van der Waals surface area contributed by atoms with Crippen LogP contribution in [0.3, 0.4) is 0 Å². The molecule has 1 spiro atoms. The molecule has 4 rings (SSSR count). The number of nitrogens with zero attached hydrogens (tertiary/aromatic N) is 3. The van der Waals surface area contributed by atoms with Crippen molar-refractivity contribution in [1.29, 1.82) is 0 Å². The van der Waals surface area contributed by atoms with Crippen molar-refractivity contribution in [1.82, 2.24) is 9.80 Å². The Bertz CT molecular complexity index is 762. The lowest BCUT2D eigenvalue weighted by molar-refractivity contribution is -0.150. The maximum absolute atomic E-state index is 12.6. The van der Waals surface area contributed by atoms with Crippen LogP contribution in [-0.2, 0) is 20.6 Å². The molecule has 3 fully saturated rings. The van der Waals surface area contributed by atoms with Crippen molar-refractivity contribution in [2.24, 2.45) is 5.41 Å². The second-order valence-corrected chi connectivity index (χ2v) is 10.8. The van der Waals surface area contributed by atoms with Crippen molar-refractivity contribution in [3.63, 3.8) is 0 Å². The van der Waals surface area contributed by atoms with E-state index in [-0.39, 0.29) is 23.4 Å². The molecule has 7 nitrogen and oxygen atoms in total. The van der Waals surface area contributed by atoms with Crippen LogP contribution in [0, 0.1) is 8.99 Å². The van der Waals surface area contributed by atoms with E-state index in [1.54, 1.807) is 0 Å². The molecule has 2 atom stereocenters. The molecule has 30 heavy (non-hydrogen) atoms. The first-order valence-corrected chi connectivity index (χ1v) is 13.0. The van der Waals surface area contributed by atoms with Crippen molar-refractivity contribution in [2.75, 3.05) is 56.6 Å². The van der Waals surface area contributed by atoms with Crippen LogP contribution < -0.4 is 4.90 Å². The third-order valence-electron chi connectivity index (χ3n) is 6.76. The summed E-state index contributed by atoms with van der Waals surface area (Å²) in [6.07, 6.45) is 3.15. The van der Waals surface area contributed by atoms with E-state index in [2.05, 4.69) is 56.7 Å². The Labute approximate surface area is 194 Å². The molecule has 0 radical (unpaired) electrons. The van der Waals surface area contributed by atoms with Crippen molar-refractivity contribution in [3.8, 4) is 0 Å². The van der Waals surface area contributed by atoms with Crippen LogP contribution in [0.15, 0.2) is 24.3 Å². The smallest absolute Gasteiger partial charge is 0.312 e. The van der Waals surface area contributed by atoms with E-state index in [0.717, 1.165) is 58.4 Å². The van der Waals surface area contributed by atoms with E-state index in [1.165, 1.54) is 9.26 Å². The number of halogens is 1. The molecule has 166 valence electrons. The minimum Gasteiger partial charge on any atom is -0.462 e. The summed E-state index contributed by atoms with van der Waals surface area (Å²) in [5, 5.41) is 0. The number of benzene rings is 1. The minimum absolute atomic E-state index is 0.00486. The lowest BCUT2D eigenvalue weighted by Gasteiger charge is -2.36. The zero-order valence-corrected chi connectivity index (χ0v) is 20.1. The predicted octanol–water partition coefficient (Wildman–Crippen LogP) is 2.38. The summed E-state index contributed by atoms with van der Waals surface area (Å²) in [6.45, 7) is 6.46. The fraction of sp³-hybridized carbons (Fsp3) is 0.667. The molecule has 1 N–H and O–H groups in total. The summed E-state index contributed by atoms with van der Waals surface area (Å²) >= 11 is 0.520. The highest BCUT2D eigenvalue weighted by Gasteiger charge is 2.50. The van der Waals surface area contributed by atoms with Gasteiger partial charge in [-0.25, -0.2) is 4.21 Å². The number of hydrogen-bond acceptors (Lipinski definition) is 6. The fourth-order valence-corrected chi connectivity index (χ4v) is 5.81. The van der Waals surface area contributed by atoms with Gasteiger partial charge >= 0.3 is 5.97 Å². The van der Waals surface area contributed by atoms with Gasteiger partial charge in [0.05, 0.1) is 5.41 Å². The topological polar surface area (TPSA) is 73.3 Å². The van der Waals surface area contributed by atoms with E-state index in [1.807, 2.05) is 4.90 Å².